The molecule has 0 saturated carbocycles. The van der Waals surface area contributed by atoms with Crippen molar-refractivity contribution in [3.8, 4) is 0 Å². The maximum Gasteiger partial charge on any atom is 0.246 e. The summed E-state index contributed by atoms with van der Waals surface area (Å²) in [6.07, 6.45) is 0. The second kappa shape index (κ2) is 7.20. The van der Waals surface area contributed by atoms with E-state index in [0.717, 1.165) is 6.07 Å². The van der Waals surface area contributed by atoms with E-state index in [1.807, 2.05) is 13.8 Å². The van der Waals surface area contributed by atoms with Crippen LogP contribution >= 0.6 is 0 Å². The van der Waals surface area contributed by atoms with Crippen LogP contribution in [0.5, 0.6) is 0 Å². The third kappa shape index (κ3) is 4.39. The van der Waals surface area contributed by atoms with Gasteiger partial charge >= 0.3 is 0 Å². The van der Waals surface area contributed by atoms with Crippen LogP contribution in [0.4, 0.5) is 10.1 Å². The SMILES string of the molecule is COCCN(CC(C)C)S(=O)(=O)c1cc(N)cc(C)c1F. The lowest BCUT2D eigenvalue weighted by atomic mass is 10.2. The summed E-state index contributed by atoms with van der Waals surface area (Å²) in [5, 5.41) is 0. The molecule has 7 heteroatoms. The summed E-state index contributed by atoms with van der Waals surface area (Å²) < 4.78 is 45.7. The Kier molecular flexibility index (Phi) is 6.12. The number of hydrogen-bond acceptors (Lipinski definition) is 4. The Bertz CT molecular complexity index is 588. The van der Waals surface area contributed by atoms with Crippen molar-refractivity contribution in [3.63, 3.8) is 0 Å². The van der Waals surface area contributed by atoms with Crippen LogP contribution in [0.25, 0.3) is 0 Å². The molecule has 0 radical (unpaired) electrons. The predicted molar refractivity (Wildman–Crippen MR) is 81.0 cm³/mol. The fourth-order valence-electron chi connectivity index (χ4n) is 2.00. The molecule has 1 aromatic carbocycles. The van der Waals surface area contributed by atoms with Gasteiger partial charge in [-0.15, -0.1) is 0 Å². The quantitative estimate of drug-likeness (QED) is 0.781. The van der Waals surface area contributed by atoms with Crippen LogP contribution in [-0.4, -0.2) is 39.5 Å². The summed E-state index contributed by atoms with van der Waals surface area (Å²) in [6.45, 7) is 6.00. The van der Waals surface area contributed by atoms with Crippen LogP contribution in [0, 0.1) is 18.7 Å². The van der Waals surface area contributed by atoms with Gasteiger partial charge in [0.2, 0.25) is 10.0 Å². The number of ether oxygens (including phenoxy) is 1. The summed E-state index contributed by atoms with van der Waals surface area (Å²) in [4.78, 5) is -0.378. The number of nitrogen functional groups attached to an aromatic ring is 1. The molecular formula is C14H23FN2O3S. The van der Waals surface area contributed by atoms with Crippen molar-refractivity contribution < 1.29 is 17.5 Å². The second-order valence-corrected chi connectivity index (χ2v) is 7.31. The van der Waals surface area contributed by atoms with E-state index in [1.54, 1.807) is 0 Å². The molecule has 0 aliphatic carbocycles. The van der Waals surface area contributed by atoms with Crippen molar-refractivity contribution in [2.24, 2.45) is 5.92 Å². The molecule has 0 fully saturated rings. The van der Waals surface area contributed by atoms with E-state index in [4.69, 9.17) is 10.5 Å². The van der Waals surface area contributed by atoms with Gasteiger partial charge in [0.15, 0.2) is 0 Å². The van der Waals surface area contributed by atoms with Crippen molar-refractivity contribution in [2.75, 3.05) is 32.5 Å². The number of benzene rings is 1. The number of aryl methyl sites for hydroxylation is 1. The molecule has 0 saturated heterocycles. The van der Waals surface area contributed by atoms with E-state index in [1.165, 1.54) is 24.4 Å². The van der Waals surface area contributed by atoms with Crippen LogP contribution in [0.1, 0.15) is 19.4 Å². The molecule has 0 aliphatic rings. The highest BCUT2D eigenvalue weighted by Crippen LogP contribution is 2.25. The first-order valence-corrected chi connectivity index (χ1v) is 8.18. The summed E-state index contributed by atoms with van der Waals surface area (Å²) in [6, 6.07) is 2.58. The molecule has 120 valence electrons. The van der Waals surface area contributed by atoms with Crippen LogP contribution in [-0.2, 0) is 14.8 Å². The third-order valence-corrected chi connectivity index (χ3v) is 4.84. The first kappa shape index (κ1) is 17.9. The van der Waals surface area contributed by atoms with E-state index in [0.29, 0.717) is 6.54 Å². The summed E-state index contributed by atoms with van der Waals surface area (Å²) >= 11 is 0. The van der Waals surface area contributed by atoms with Gasteiger partial charge in [-0.05, 0) is 30.5 Å². The molecule has 0 unspecified atom stereocenters. The zero-order valence-corrected chi connectivity index (χ0v) is 13.7. The molecule has 5 nitrogen and oxygen atoms in total. The molecule has 1 aromatic rings. The maximum absolute atomic E-state index is 14.2. The summed E-state index contributed by atoms with van der Waals surface area (Å²) in [5.41, 5.74) is 6.09. The Labute approximate surface area is 125 Å². The van der Waals surface area contributed by atoms with Crippen LogP contribution in [0.3, 0.4) is 0 Å². The maximum atomic E-state index is 14.2. The number of halogens is 1. The number of rotatable bonds is 7. The molecule has 0 amide bonds. The lowest BCUT2D eigenvalue weighted by molar-refractivity contribution is 0.175. The molecule has 21 heavy (non-hydrogen) atoms. The zero-order chi connectivity index (χ0) is 16.2. The molecule has 0 heterocycles. The molecule has 0 atom stereocenters. The zero-order valence-electron chi connectivity index (χ0n) is 12.9. The molecule has 0 bridgehead atoms. The number of methoxy groups -OCH3 is 1. The Hall–Kier alpha value is -1.18. The molecule has 0 spiro atoms. The van der Waals surface area contributed by atoms with Crippen LogP contribution in [0.2, 0.25) is 0 Å². The summed E-state index contributed by atoms with van der Waals surface area (Å²) in [5.74, 6) is -0.641. The van der Waals surface area contributed by atoms with Gasteiger partial charge in [-0.2, -0.15) is 4.31 Å². The largest absolute Gasteiger partial charge is 0.399 e. The van der Waals surface area contributed by atoms with Crippen molar-refractivity contribution in [1.29, 1.82) is 0 Å². The molecule has 0 aliphatic heterocycles. The highest BCUT2D eigenvalue weighted by Gasteiger charge is 2.29. The smallest absolute Gasteiger partial charge is 0.246 e. The average molecular weight is 318 g/mol. The van der Waals surface area contributed by atoms with Gasteiger partial charge < -0.3 is 10.5 Å². The Morgan fingerprint density at radius 1 is 1.38 bits per heavy atom. The number of sulfonamides is 1. The average Bonchev–Trinajstić information content (AvgIpc) is 2.38. The third-order valence-electron chi connectivity index (χ3n) is 2.97. The van der Waals surface area contributed by atoms with Gasteiger partial charge in [0, 0.05) is 25.9 Å². The Balaban J connectivity index is 3.28. The molecular weight excluding hydrogens is 295 g/mol. The molecule has 0 aromatic heterocycles. The van der Waals surface area contributed by atoms with E-state index in [-0.39, 0.29) is 35.2 Å². The molecule has 1 rings (SSSR count). The van der Waals surface area contributed by atoms with E-state index >= 15 is 0 Å². The minimum Gasteiger partial charge on any atom is -0.399 e. The van der Waals surface area contributed by atoms with Gasteiger partial charge in [-0.25, -0.2) is 12.8 Å². The number of anilines is 1. The van der Waals surface area contributed by atoms with Crippen molar-refractivity contribution in [3.05, 3.63) is 23.5 Å². The van der Waals surface area contributed by atoms with Gasteiger partial charge in [0.05, 0.1) is 6.61 Å². The van der Waals surface area contributed by atoms with Gasteiger partial charge in [0.25, 0.3) is 0 Å². The van der Waals surface area contributed by atoms with E-state index < -0.39 is 15.8 Å². The standard InChI is InChI=1S/C14H23FN2O3S/c1-10(2)9-17(5-6-20-4)21(18,19)13-8-12(16)7-11(3)14(13)15/h7-8,10H,5-6,9,16H2,1-4H3. The fourth-order valence-corrected chi connectivity index (χ4v) is 3.76. The number of nitrogens with zero attached hydrogens (tertiary/aromatic N) is 1. The highest BCUT2D eigenvalue weighted by atomic mass is 32.2. The lowest BCUT2D eigenvalue weighted by Crippen LogP contribution is -2.37. The van der Waals surface area contributed by atoms with Crippen LogP contribution < -0.4 is 5.73 Å². The Morgan fingerprint density at radius 2 is 2.00 bits per heavy atom. The fraction of sp³-hybridized carbons (Fsp3) is 0.571. The van der Waals surface area contributed by atoms with Crippen molar-refractivity contribution in [1.82, 2.24) is 4.31 Å². The normalized spacial score (nSPS) is 12.3. The second-order valence-electron chi connectivity index (χ2n) is 5.40. The number of hydrogen-bond donors (Lipinski definition) is 1. The summed E-state index contributed by atoms with van der Waals surface area (Å²) in [7, 11) is -2.45. The van der Waals surface area contributed by atoms with Crippen molar-refractivity contribution >= 4 is 15.7 Å². The predicted octanol–water partition coefficient (Wildman–Crippen LogP) is 2.01. The van der Waals surface area contributed by atoms with Crippen molar-refractivity contribution in [2.45, 2.75) is 25.7 Å². The molecule has 2 N–H and O–H groups in total. The van der Waals surface area contributed by atoms with Gasteiger partial charge in [-0.1, -0.05) is 13.8 Å². The first-order valence-electron chi connectivity index (χ1n) is 6.74. The van der Waals surface area contributed by atoms with E-state index in [9.17, 15) is 12.8 Å². The van der Waals surface area contributed by atoms with Gasteiger partial charge in [0.1, 0.15) is 10.7 Å². The monoisotopic (exact) mass is 318 g/mol. The minimum atomic E-state index is -3.95. The first-order chi connectivity index (χ1) is 9.70. The van der Waals surface area contributed by atoms with Gasteiger partial charge in [-0.3, -0.25) is 0 Å². The van der Waals surface area contributed by atoms with Crippen LogP contribution in [0.15, 0.2) is 17.0 Å². The van der Waals surface area contributed by atoms with E-state index in [2.05, 4.69) is 0 Å². The highest BCUT2D eigenvalue weighted by molar-refractivity contribution is 7.89. The lowest BCUT2D eigenvalue weighted by Gasteiger charge is -2.24. The Morgan fingerprint density at radius 3 is 2.52 bits per heavy atom. The number of nitrogens with two attached hydrogens (primary N) is 1. The minimum absolute atomic E-state index is 0.113. The topological polar surface area (TPSA) is 72.6 Å².